The molecule has 4 aromatic rings. The minimum absolute atomic E-state index is 0.316. The fourth-order valence-electron chi connectivity index (χ4n) is 3.90. The first-order chi connectivity index (χ1) is 14.0. The van der Waals surface area contributed by atoms with Crippen LogP contribution < -0.4 is 4.90 Å². The van der Waals surface area contributed by atoms with Crippen LogP contribution in [0, 0.1) is 20.8 Å². The van der Waals surface area contributed by atoms with Crippen molar-refractivity contribution >= 4 is 28.5 Å². The zero-order valence-electron chi connectivity index (χ0n) is 16.3. The molecule has 0 aliphatic carbocycles. The summed E-state index contributed by atoms with van der Waals surface area (Å²) in [7, 11) is 0. The molecule has 2 amide bonds. The summed E-state index contributed by atoms with van der Waals surface area (Å²) in [5, 5.41) is 5.24. The van der Waals surface area contributed by atoms with E-state index in [9.17, 15) is 9.59 Å². The number of carbonyl (C=O) groups excluding carboxylic acids is 2. The van der Waals surface area contributed by atoms with E-state index in [2.05, 4.69) is 10.1 Å². The summed E-state index contributed by atoms with van der Waals surface area (Å²) < 4.78 is 1.73. The predicted molar refractivity (Wildman–Crippen MR) is 111 cm³/mol. The number of hydrogen-bond acceptors (Lipinski definition) is 4. The first-order valence-corrected chi connectivity index (χ1v) is 9.36. The third-order valence-electron chi connectivity index (χ3n) is 5.23. The fraction of sp³-hybridized carbons (Fsp3) is 0.130. The molecule has 0 radical (unpaired) electrons. The highest BCUT2D eigenvalue weighted by atomic mass is 16.2. The van der Waals surface area contributed by atoms with Gasteiger partial charge in [0.2, 0.25) is 0 Å². The molecule has 0 fully saturated rings. The first-order valence-electron chi connectivity index (χ1n) is 9.36. The Balaban J connectivity index is 1.73. The molecule has 0 bridgehead atoms. The lowest BCUT2D eigenvalue weighted by molar-refractivity contribution is 0.0926. The Hall–Kier alpha value is -3.80. The molecule has 1 aliphatic heterocycles. The number of pyridine rings is 1. The third kappa shape index (κ3) is 2.49. The van der Waals surface area contributed by atoms with Gasteiger partial charge in [0, 0.05) is 6.20 Å². The summed E-state index contributed by atoms with van der Waals surface area (Å²) in [5.74, 6) is -0.692. The Morgan fingerprint density at radius 2 is 1.48 bits per heavy atom. The van der Waals surface area contributed by atoms with E-state index in [0.29, 0.717) is 33.5 Å². The van der Waals surface area contributed by atoms with Crippen LogP contribution >= 0.6 is 0 Å². The smallest absolute Gasteiger partial charge is 0.267 e. The molecule has 0 spiro atoms. The summed E-state index contributed by atoms with van der Waals surface area (Å²) >= 11 is 0. The van der Waals surface area contributed by atoms with Crippen molar-refractivity contribution in [3.63, 3.8) is 0 Å². The largest absolute Gasteiger partial charge is 0.268 e. The van der Waals surface area contributed by atoms with E-state index >= 15 is 0 Å². The number of aryl methyl sites for hydroxylation is 3. The molecule has 6 nitrogen and oxygen atoms in total. The maximum absolute atomic E-state index is 13.3. The molecule has 0 saturated heterocycles. The molecule has 29 heavy (non-hydrogen) atoms. The van der Waals surface area contributed by atoms with Crippen LogP contribution in [0.1, 0.15) is 37.5 Å². The molecule has 6 heteroatoms. The topological polar surface area (TPSA) is 68.1 Å². The Morgan fingerprint density at radius 1 is 0.828 bits per heavy atom. The van der Waals surface area contributed by atoms with Gasteiger partial charge in [-0.3, -0.25) is 9.59 Å². The number of carbonyl (C=O) groups is 2. The highest BCUT2D eigenvalue weighted by molar-refractivity contribution is 6.37. The Bertz CT molecular complexity index is 1340. The van der Waals surface area contributed by atoms with Gasteiger partial charge in [-0.05, 0) is 56.2 Å². The molecule has 3 heterocycles. The average Bonchev–Trinajstić information content (AvgIpc) is 3.16. The van der Waals surface area contributed by atoms with E-state index in [1.165, 1.54) is 11.1 Å². The van der Waals surface area contributed by atoms with Crippen molar-refractivity contribution in [2.75, 3.05) is 4.90 Å². The van der Waals surface area contributed by atoms with Crippen molar-refractivity contribution in [2.45, 2.75) is 20.8 Å². The molecule has 0 N–H and O–H groups in total. The van der Waals surface area contributed by atoms with Crippen molar-refractivity contribution in [1.29, 1.82) is 0 Å². The minimum atomic E-state index is -0.354. The number of anilines is 1. The van der Waals surface area contributed by atoms with Crippen LogP contribution in [0.3, 0.4) is 0 Å². The molecule has 0 atom stereocenters. The van der Waals surface area contributed by atoms with Gasteiger partial charge in [0.05, 0.1) is 33.6 Å². The van der Waals surface area contributed by atoms with E-state index in [1.807, 2.05) is 63.2 Å². The molecule has 5 rings (SSSR count). The fourth-order valence-corrected chi connectivity index (χ4v) is 3.90. The molecule has 142 valence electrons. The second kappa shape index (κ2) is 6.10. The summed E-state index contributed by atoms with van der Waals surface area (Å²) in [6.07, 6.45) is 1.49. The molecule has 0 unspecified atom stereocenters. The molecule has 2 aromatic carbocycles. The quantitative estimate of drug-likeness (QED) is 0.489. The second-order valence-corrected chi connectivity index (χ2v) is 7.37. The van der Waals surface area contributed by atoms with Crippen molar-refractivity contribution < 1.29 is 9.59 Å². The van der Waals surface area contributed by atoms with Gasteiger partial charge in [-0.2, -0.15) is 5.10 Å². The van der Waals surface area contributed by atoms with Gasteiger partial charge in [0.15, 0.2) is 5.65 Å². The summed E-state index contributed by atoms with van der Waals surface area (Å²) in [6.45, 7) is 5.77. The van der Waals surface area contributed by atoms with Gasteiger partial charge in [-0.25, -0.2) is 14.6 Å². The van der Waals surface area contributed by atoms with E-state index in [4.69, 9.17) is 0 Å². The maximum Gasteiger partial charge on any atom is 0.267 e. The van der Waals surface area contributed by atoms with Crippen LogP contribution in [0.2, 0.25) is 0 Å². The molecule has 2 aromatic heterocycles. The van der Waals surface area contributed by atoms with Gasteiger partial charge in [-0.1, -0.05) is 24.3 Å². The molecule has 0 saturated carbocycles. The number of benzene rings is 2. The number of aromatic nitrogens is 3. The number of rotatable bonds is 2. The zero-order valence-corrected chi connectivity index (χ0v) is 16.3. The van der Waals surface area contributed by atoms with Crippen molar-refractivity contribution in [3.05, 3.63) is 82.7 Å². The number of fused-ring (bicyclic) bond motifs is 3. The van der Waals surface area contributed by atoms with E-state index in [1.54, 1.807) is 10.7 Å². The number of hydrogen-bond donors (Lipinski definition) is 0. The van der Waals surface area contributed by atoms with Gasteiger partial charge in [0.25, 0.3) is 11.8 Å². The third-order valence-corrected chi connectivity index (χ3v) is 5.23. The van der Waals surface area contributed by atoms with Crippen LogP contribution in [0.4, 0.5) is 5.69 Å². The summed E-state index contributed by atoms with van der Waals surface area (Å²) in [6, 6.07) is 15.3. The SMILES string of the molecule is Cc1cccc(N2C(=O)c3cnc4c(c(C)nn4-c4cccc(C)c4)c3C2=O)c1. The zero-order chi connectivity index (χ0) is 20.3. The normalized spacial score (nSPS) is 13.4. The molecular formula is C23H18N4O2. The number of amides is 2. The average molecular weight is 382 g/mol. The summed E-state index contributed by atoms with van der Waals surface area (Å²) in [5.41, 5.74) is 5.43. The lowest BCUT2D eigenvalue weighted by atomic mass is 10.1. The molecular weight excluding hydrogens is 364 g/mol. The predicted octanol–water partition coefficient (Wildman–Crippen LogP) is 4.15. The second-order valence-electron chi connectivity index (χ2n) is 7.37. The first kappa shape index (κ1) is 17.3. The van der Waals surface area contributed by atoms with E-state index in [0.717, 1.165) is 16.8 Å². The molecule has 1 aliphatic rings. The van der Waals surface area contributed by atoms with E-state index in [-0.39, 0.29) is 11.8 Å². The van der Waals surface area contributed by atoms with Gasteiger partial charge < -0.3 is 0 Å². The van der Waals surface area contributed by atoms with Gasteiger partial charge >= 0.3 is 0 Å². The summed E-state index contributed by atoms with van der Waals surface area (Å²) in [4.78, 5) is 32.1. The van der Waals surface area contributed by atoms with Crippen LogP contribution in [0.25, 0.3) is 16.7 Å². The number of imide groups is 1. The van der Waals surface area contributed by atoms with Crippen LogP contribution in [0.5, 0.6) is 0 Å². The Kier molecular flexibility index (Phi) is 3.64. The Labute approximate surface area is 167 Å². The van der Waals surface area contributed by atoms with Crippen LogP contribution in [0.15, 0.2) is 54.7 Å². The van der Waals surface area contributed by atoms with Crippen LogP contribution in [-0.2, 0) is 0 Å². The lowest BCUT2D eigenvalue weighted by Gasteiger charge is -2.14. The minimum Gasteiger partial charge on any atom is -0.268 e. The van der Waals surface area contributed by atoms with Gasteiger partial charge in [-0.15, -0.1) is 0 Å². The highest BCUT2D eigenvalue weighted by Crippen LogP contribution is 2.34. The van der Waals surface area contributed by atoms with Crippen molar-refractivity contribution in [3.8, 4) is 5.69 Å². The lowest BCUT2D eigenvalue weighted by Crippen LogP contribution is -2.29. The standard InChI is InChI=1S/C23H18N4O2/c1-13-6-4-8-16(10-13)26-22(28)18-12-24-21-19(20(18)23(26)29)15(3)25-27(21)17-9-5-7-14(2)11-17/h4-12H,1-3H3. The Morgan fingerprint density at radius 3 is 2.17 bits per heavy atom. The monoisotopic (exact) mass is 382 g/mol. The number of nitrogens with zero attached hydrogens (tertiary/aromatic N) is 4. The van der Waals surface area contributed by atoms with Crippen LogP contribution in [-0.4, -0.2) is 26.6 Å². The maximum atomic E-state index is 13.3. The highest BCUT2D eigenvalue weighted by Gasteiger charge is 2.40. The van der Waals surface area contributed by atoms with Crippen molar-refractivity contribution in [2.24, 2.45) is 0 Å². The van der Waals surface area contributed by atoms with Crippen molar-refractivity contribution in [1.82, 2.24) is 14.8 Å². The van der Waals surface area contributed by atoms with E-state index < -0.39 is 0 Å². The van der Waals surface area contributed by atoms with Gasteiger partial charge in [0.1, 0.15) is 0 Å².